The predicted octanol–water partition coefficient (Wildman–Crippen LogP) is 2.97. The van der Waals surface area contributed by atoms with Crippen LogP contribution in [-0.4, -0.2) is 18.7 Å². The Kier molecular flexibility index (Phi) is 5.53. The van der Waals surface area contributed by atoms with Crippen molar-refractivity contribution in [3.63, 3.8) is 0 Å². The Morgan fingerprint density at radius 2 is 2.00 bits per heavy atom. The maximum Gasteiger partial charge on any atom is 0.310 e. The van der Waals surface area contributed by atoms with Crippen molar-refractivity contribution in [2.75, 3.05) is 6.61 Å². The van der Waals surface area contributed by atoms with Crippen LogP contribution in [0, 0.1) is 0 Å². The maximum atomic E-state index is 11.4. The molecule has 0 heterocycles. The zero-order valence-electron chi connectivity index (χ0n) is 10.7. The quantitative estimate of drug-likeness (QED) is 0.712. The molecule has 1 atom stereocenters. The highest BCUT2D eigenvalue weighted by atomic mass is 16.5. The average Bonchev–Trinajstić information content (AvgIpc) is 2.31. The lowest BCUT2D eigenvalue weighted by Crippen LogP contribution is -2.13. The number of esters is 1. The average molecular weight is 236 g/mol. The van der Waals surface area contributed by atoms with E-state index in [1.165, 1.54) is 0 Å². The molecule has 0 N–H and O–H groups in total. The second kappa shape index (κ2) is 6.94. The van der Waals surface area contributed by atoms with Gasteiger partial charge >= 0.3 is 5.97 Å². The molecule has 17 heavy (non-hydrogen) atoms. The van der Waals surface area contributed by atoms with Gasteiger partial charge in [-0.2, -0.15) is 0 Å². The van der Waals surface area contributed by atoms with Gasteiger partial charge in [0.15, 0.2) is 0 Å². The molecule has 3 heteroatoms. The highest BCUT2D eigenvalue weighted by Gasteiger charge is 2.10. The third-order valence-corrected chi connectivity index (χ3v) is 2.52. The molecule has 0 aliphatic rings. The van der Waals surface area contributed by atoms with Crippen molar-refractivity contribution in [3.8, 4) is 5.75 Å². The van der Waals surface area contributed by atoms with Gasteiger partial charge in [0, 0.05) is 5.56 Å². The molecular weight excluding hydrogens is 216 g/mol. The van der Waals surface area contributed by atoms with Crippen LogP contribution in [-0.2, 0) is 16.0 Å². The lowest BCUT2D eigenvalue weighted by atomic mass is 10.1. The van der Waals surface area contributed by atoms with Crippen LogP contribution in [0.1, 0.15) is 32.8 Å². The number of rotatable bonds is 6. The van der Waals surface area contributed by atoms with Gasteiger partial charge in [0.05, 0.1) is 19.1 Å². The third kappa shape index (κ3) is 4.47. The van der Waals surface area contributed by atoms with Gasteiger partial charge in [-0.05, 0) is 26.3 Å². The molecule has 0 aliphatic carbocycles. The van der Waals surface area contributed by atoms with E-state index >= 15 is 0 Å². The fourth-order valence-corrected chi connectivity index (χ4v) is 1.43. The minimum absolute atomic E-state index is 0.151. The lowest BCUT2D eigenvalue weighted by molar-refractivity contribution is -0.142. The Morgan fingerprint density at radius 1 is 1.29 bits per heavy atom. The summed E-state index contributed by atoms with van der Waals surface area (Å²) in [7, 11) is 0. The molecule has 3 nitrogen and oxygen atoms in total. The Hall–Kier alpha value is -1.51. The minimum atomic E-state index is -0.215. The molecule has 0 spiro atoms. The Balaban J connectivity index is 2.73. The monoisotopic (exact) mass is 236 g/mol. The van der Waals surface area contributed by atoms with E-state index < -0.39 is 0 Å². The van der Waals surface area contributed by atoms with Gasteiger partial charge in [0.2, 0.25) is 0 Å². The highest BCUT2D eigenvalue weighted by Crippen LogP contribution is 2.20. The molecule has 0 fully saturated rings. The Labute approximate surface area is 103 Å². The second-order valence-corrected chi connectivity index (χ2v) is 3.93. The fourth-order valence-electron chi connectivity index (χ4n) is 1.43. The van der Waals surface area contributed by atoms with Crippen LogP contribution in [0.5, 0.6) is 5.75 Å². The van der Waals surface area contributed by atoms with Gasteiger partial charge in [0.1, 0.15) is 5.75 Å². The molecule has 0 aromatic heterocycles. The van der Waals surface area contributed by atoms with E-state index in [4.69, 9.17) is 9.47 Å². The van der Waals surface area contributed by atoms with Crippen molar-refractivity contribution in [1.82, 2.24) is 0 Å². The van der Waals surface area contributed by atoms with Crippen LogP contribution in [0.15, 0.2) is 24.3 Å². The summed E-state index contributed by atoms with van der Waals surface area (Å²) in [6, 6.07) is 7.60. The highest BCUT2D eigenvalue weighted by molar-refractivity contribution is 5.73. The first-order valence-corrected chi connectivity index (χ1v) is 6.07. The summed E-state index contributed by atoms with van der Waals surface area (Å²) in [5.41, 5.74) is 0.881. The summed E-state index contributed by atoms with van der Waals surface area (Å²) in [5.74, 6) is 0.558. The van der Waals surface area contributed by atoms with Crippen molar-refractivity contribution < 1.29 is 14.3 Å². The summed E-state index contributed by atoms with van der Waals surface area (Å²) in [5, 5.41) is 0. The van der Waals surface area contributed by atoms with E-state index in [0.29, 0.717) is 6.61 Å². The molecule has 94 valence electrons. The molecule has 0 unspecified atom stereocenters. The van der Waals surface area contributed by atoms with E-state index in [1.54, 1.807) is 6.92 Å². The number of para-hydroxylation sites is 1. The van der Waals surface area contributed by atoms with Gasteiger partial charge in [-0.15, -0.1) is 0 Å². The van der Waals surface area contributed by atoms with Crippen molar-refractivity contribution >= 4 is 5.97 Å². The number of hydrogen-bond donors (Lipinski definition) is 0. The molecular formula is C14H20O3. The SMILES string of the molecule is CCOC(=O)Cc1ccccc1O[C@H](C)CC. The van der Waals surface area contributed by atoms with Gasteiger partial charge in [-0.25, -0.2) is 0 Å². The van der Waals surface area contributed by atoms with Crippen molar-refractivity contribution in [3.05, 3.63) is 29.8 Å². The minimum Gasteiger partial charge on any atom is -0.490 e. The smallest absolute Gasteiger partial charge is 0.310 e. The molecule has 0 bridgehead atoms. The summed E-state index contributed by atoms with van der Waals surface area (Å²) < 4.78 is 10.7. The van der Waals surface area contributed by atoms with E-state index in [2.05, 4.69) is 6.92 Å². The van der Waals surface area contributed by atoms with Crippen LogP contribution >= 0.6 is 0 Å². The molecule has 1 rings (SSSR count). The van der Waals surface area contributed by atoms with Crippen LogP contribution in [0.25, 0.3) is 0 Å². The number of benzene rings is 1. The first-order valence-electron chi connectivity index (χ1n) is 6.07. The molecule has 1 aromatic rings. The predicted molar refractivity (Wildman–Crippen MR) is 67.2 cm³/mol. The summed E-state index contributed by atoms with van der Waals surface area (Å²) in [4.78, 5) is 11.4. The van der Waals surface area contributed by atoms with Crippen LogP contribution in [0.3, 0.4) is 0 Å². The zero-order chi connectivity index (χ0) is 12.7. The van der Waals surface area contributed by atoms with Gasteiger partial charge < -0.3 is 9.47 Å². The van der Waals surface area contributed by atoms with Crippen molar-refractivity contribution in [2.45, 2.75) is 39.7 Å². The largest absolute Gasteiger partial charge is 0.490 e. The van der Waals surface area contributed by atoms with Crippen LogP contribution in [0.2, 0.25) is 0 Å². The molecule has 0 radical (unpaired) electrons. The first kappa shape index (κ1) is 13.6. The van der Waals surface area contributed by atoms with Crippen LogP contribution in [0.4, 0.5) is 0 Å². The second-order valence-electron chi connectivity index (χ2n) is 3.93. The lowest BCUT2D eigenvalue weighted by Gasteiger charge is -2.15. The summed E-state index contributed by atoms with van der Waals surface area (Å²) >= 11 is 0. The number of hydrogen-bond acceptors (Lipinski definition) is 3. The zero-order valence-corrected chi connectivity index (χ0v) is 10.7. The van der Waals surface area contributed by atoms with E-state index in [1.807, 2.05) is 31.2 Å². The van der Waals surface area contributed by atoms with E-state index in [9.17, 15) is 4.79 Å². The molecule has 0 aliphatic heterocycles. The van der Waals surface area contributed by atoms with Crippen molar-refractivity contribution in [1.29, 1.82) is 0 Å². The van der Waals surface area contributed by atoms with E-state index in [0.717, 1.165) is 17.7 Å². The summed E-state index contributed by atoms with van der Waals surface area (Å²) in [6.45, 7) is 6.30. The molecule has 0 saturated heterocycles. The topological polar surface area (TPSA) is 35.5 Å². The van der Waals surface area contributed by atoms with Crippen molar-refractivity contribution in [2.24, 2.45) is 0 Å². The van der Waals surface area contributed by atoms with Gasteiger partial charge in [-0.1, -0.05) is 25.1 Å². The standard InChI is InChI=1S/C14H20O3/c1-4-11(3)17-13-9-7-6-8-12(13)10-14(15)16-5-2/h6-9,11H,4-5,10H2,1-3H3/t11-/m1/s1. The fraction of sp³-hybridized carbons (Fsp3) is 0.500. The molecule has 1 aromatic carbocycles. The maximum absolute atomic E-state index is 11.4. The normalized spacial score (nSPS) is 11.9. The molecule has 0 amide bonds. The number of carbonyl (C=O) groups is 1. The van der Waals surface area contributed by atoms with Gasteiger partial charge in [-0.3, -0.25) is 4.79 Å². The van der Waals surface area contributed by atoms with Crippen LogP contribution < -0.4 is 4.74 Å². The Morgan fingerprint density at radius 3 is 2.65 bits per heavy atom. The third-order valence-electron chi connectivity index (χ3n) is 2.52. The first-order chi connectivity index (χ1) is 8.17. The Bertz CT molecular complexity index is 360. The molecule has 0 saturated carbocycles. The van der Waals surface area contributed by atoms with Gasteiger partial charge in [0.25, 0.3) is 0 Å². The van der Waals surface area contributed by atoms with E-state index in [-0.39, 0.29) is 18.5 Å². The summed E-state index contributed by atoms with van der Waals surface area (Å²) in [6.07, 6.45) is 1.35. The number of carbonyl (C=O) groups excluding carboxylic acids is 1. The number of ether oxygens (including phenoxy) is 2.